The van der Waals surface area contributed by atoms with Crippen molar-refractivity contribution >= 4 is 27.6 Å². The van der Waals surface area contributed by atoms with E-state index in [-0.39, 0.29) is 41.3 Å². The molecule has 2 aliphatic carbocycles. The van der Waals surface area contributed by atoms with Gasteiger partial charge in [0.2, 0.25) is 21.8 Å². The fraction of sp³-hybridized carbons (Fsp3) is 0.783. The number of nitrogens with zero attached hydrogens (tertiary/aromatic N) is 1. The molecule has 2 unspecified atom stereocenters. The van der Waals surface area contributed by atoms with Gasteiger partial charge in [0, 0.05) is 18.9 Å². The average Bonchev–Trinajstić information content (AvgIpc) is 3.57. The minimum absolute atomic E-state index is 0.0407. The fourth-order valence-corrected chi connectivity index (χ4v) is 5.91. The molecule has 0 aromatic heterocycles. The topological polar surface area (TPSA) is 101 Å². The van der Waals surface area contributed by atoms with Crippen LogP contribution in [0.25, 0.3) is 0 Å². The molecule has 0 bridgehead atoms. The van der Waals surface area contributed by atoms with Gasteiger partial charge in [-0.05, 0) is 42.9 Å². The summed E-state index contributed by atoms with van der Waals surface area (Å²) in [5.74, 6) is -1.09. The molecule has 0 aromatic rings. The molecule has 3 fully saturated rings. The number of carbonyl (C=O) groups excluding carboxylic acids is 3. The first kappa shape index (κ1) is 24.0. The normalized spacial score (nSPS) is 31.8. The summed E-state index contributed by atoms with van der Waals surface area (Å²) in [7, 11) is -3.69. The molecular formula is C23H36N2O5S. The minimum Gasteiger partial charge on any atom is -0.332 e. The number of rotatable bonds is 8. The lowest BCUT2D eigenvalue weighted by atomic mass is 9.81. The molecule has 1 saturated heterocycles. The zero-order valence-corrected chi connectivity index (χ0v) is 20.1. The van der Waals surface area contributed by atoms with Gasteiger partial charge in [-0.3, -0.25) is 19.1 Å². The third-order valence-electron chi connectivity index (χ3n) is 7.39. The number of allylic oxidation sites excluding steroid dienone is 1. The summed E-state index contributed by atoms with van der Waals surface area (Å²) in [6.45, 7) is 14.2. The molecule has 3 rings (SSSR count). The minimum atomic E-state index is -3.69. The fourth-order valence-electron chi connectivity index (χ4n) is 4.52. The number of sulfonamides is 1. The number of hydrogen-bond acceptors (Lipinski definition) is 5. The summed E-state index contributed by atoms with van der Waals surface area (Å²) in [6.07, 6.45) is 3.64. The Morgan fingerprint density at radius 1 is 1.26 bits per heavy atom. The van der Waals surface area contributed by atoms with Crippen molar-refractivity contribution in [3.63, 3.8) is 0 Å². The van der Waals surface area contributed by atoms with Crippen LogP contribution in [0.15, 0.2) is 12.7 Å². The zero-order chi connectivity index (χ0) is 23.4. The Kier molecular flexibility index (Phi) is 6.19. The van der Waals surface area contributed by atoms with Gasteiger partial charge in [0.1, 0.15) is 0 Å². The lowest BCUT2D eigenvalue weighted by Crippen LogP contribution is -2.47. The van der Waals surface area contributed by atoms with E-state index < -0.39 is 32.6 Å². The molecule has 3 aliphatic rings. The van der Waals surface area contributed by atoms with E-state index in [0.717, 1.165) is 0 Å². The summed E-state index contributed by atoms with van der Waals surface area (Å²) in [6, 6.07) is -0.567. The van der Waals surface area contributed by atoms with Crippen LogP contribution in [-0.2, 0) is 24.4 Å². The third kappa shape index (κ3) is 4.73. The molecule has 2 saturated carbocycles. The lowest BCUT2D eigenvalue weighted by Gasteiger charge is -2.33. The molecule has 0 aromatic carbocycles. The highest BCUT2D eigenvalue weighted by Gasteiger charge is 2.61. The maximum Gasteiger partial charge on any atom is 0.240 e. The highest BCUT2D eigenvalue weighted by molar-refractivity contribution is 7.90. The van der Waals surface area contributed by atoms with Crippen molar-refractivity contribution in [2.75, 3.05) is 6.54 Å². The van der Waals surface area contributed by atoms with Gasteiger partial charge in [-0.2, -0.15) is 0 Å². The van der Waals surface area contributed by atoms with E-state index in [2.05, 4.69) is 11.3 Å². The van der Waals surface area contributed by atoms with Gasteiger partial charge in [-0.1, -0.05) is 40.7 Å². The van der Waals surface area contributed by atoms with Gasteiger partial charge < -0.3 is 4.90 Å². The Hall–Kier alpha value is -1.70. The Morgan fingerprint density at radius 2 is 1.87 bits per heavy atom. The Bertz CT molecular complexity index is 886. The van der Waals surface area contributed by atoms with Crippen molar-refractivity contribution in [1.82, 2.24) is 9.62 Å². The maximum absolute atomic E-state index is 13.4. The second kappa shape index (κ2) is 8.01. The summed E-state index contributed by atoms with van der Waals surface area (Å²) in [5, 5.41) is -0.507. The van der Waals surface area contributed by atoms with Crippen LogP contribution in [0.5, 0.6) is 0 Å². The van der Waals surface area contributed by atoms with Crippen molar-refractivity contribution in [2.45, 2.75) is 78.0 Å². The van der Waals surface area contributed by atoms with E-state index >= 15 is 0 Å². The molecule has 5 atom stereocenters. The molecule has 174 valence electrons. The van der Waals surface area contributed by atoms with Crippen molar-refractivity contribution in [3.8, 4) is 0 Å². The predicted molar refractivity (Wildman–Crippen MR) is 118 cm³/mol. The van der Waals surface area contributed by atoms with Crippen molar-refractivity contribution in [2.24, 2.45) is 28.6 Å². The smallest absolute Gasteiger partial charge is 0.240 e. The van der Waals surface area contributed by atoms with Crippen molar-refractivity contribution in [1.29, 1.82) is 0 Å². The van der Waals surface area contributed by atoms with Gasteiger partial charge >= 0.3 is 0 Å². The molecule has 7 nitrogen and oxygen atoms in total. The second-order valence-electron chi connectivity index (χ2n) is 11.0. The van der Waals surface area contributed by atoms with Crippen LogP contribution in [0.1, 0.15) is 66.7 Å². The quantitative estimate of drug-likeness (QED) is 0.571. The molecule has 0 radical (unpaired) electrons. The van der Waals surface area contributed by atoms with E-state index in [4.69, 9.17) is 0 Å². The number of hydrogen-bond donors (Lipinski definition) is 1. The van der Waals surface area contributed by atoms with Crippen LogP contribution in [-0.4, -0.2) is 48.8 Å². The van der Waals surface area contributed by atoms with E-state index in [1.165, 1.54) is 0 Å². The Labute approximate surface area is 186 Å². The van der Waals surface area contributed by atoms with E-state index in [9.17, 15) is 22.8 Å². The summed E-state index contributed by atoms with van der Waals surface area (Å²) in [5.41, 5.74) is -1.30. The van der Waals surface area contributed by atoms with E-state index in [1.54, 1.807) is 11.0 Å². The number of carbonyl (C=O) groups is 3. The number of nitrogens with one attached hydrogen (secondary N) is 1. The maximum atomic E-state index is 13.4. The first-order valence-corrected chi connectivity index (χ1v) is 12.8. The molecular weight excluding hydrogens is 416 g/mol. The van der Waals surface area contributed by atoms with Gasteiger partial charge in [0.25, 0.3) is 0 Å². The zero-order valence-electron chi connectivity index (χ0n) is 19.3. The first-order chi connectivity index (χ1) is 14.2. The SMILES string of the molecule is C=CC1CC1(CC(=O)[C@@H]1C[C@@H](C)CN1C(=O)[C@@H](C)C(C)(C)C)C(=O)NS(=O)(=O)C1CC1. The monoisotopic (exact) mass is 452 g/mol. The Balaban J connectivity index is 1.76. The van der Waals surface area contributed by atoms with Crippen molar-refractivity contribution < 1.29 is 22.8 Å². The van der Waals surface area contributed by atoms with Gasteiger partial charge in [0.15, 0.2) is 5.78 Å². The summed E-state index contributed by atoms with van der Waals surface area (Å²) >= 11 is 0. The largest absolute Gasteiger partial charge is 0.332 e. The van der Waals surface area contributed by atoms with Crippen LogP contribution >= 0.6 is 0 Å². The second-order valence-corrected chi connectivity index (χ2v) is 12.9. The van der Waals surface area contributed by atoms with Crippen LogP contribution in [0, 0.1) is 28.6 Å². The number of likely N-dealkylation sites (tertiary alicyclic amines) is 1. The van der Waals surface area contributed by atoms with Crippen LogP contribution in [0.2, 0.25) is 0 Å². The van der Waals surface area contributed by atoms with Gasteiger partial charge in [0.05, 0.1) is 16.7 Å². The lowest BCUT2D eigenvalue weighted by molar-refractivity contribution is -0.144. The third-order valence-corrected chi connectivity index (χ3v) is 9.21. The van der Waals surface area contributed by atoms with Crippen LogP contribution in [0.4, 0.5) is 0 Å². The van der Waals surface area contributed by atoms with Gasteiger partial charge in [-0.15, -0.1) is 6.58 Å². The van der Waals surface area contributed by atoms with Gasteiger partial charge in [-0.25, -0.2) is 8.42 Å². The summed E-state index contributed by atoms with van der Waals surface area (Å²) < 4.78 is 26.8. The average molecular weight is 453 g/mol. The van der Waals surface area contributed by atoms with Crippen molar-refractivity contribution in [3.05, 3.63) is 12.7 Å². The molecule has 31 heavy (non-hydrogen) atoms. The predicted octanol–water partition coefficient (Wildman–Crippen LogP) is 2.67. The molecule has 1 aliphatic heterocycles. The molecule has 2 amide bonds. The number of amides is 2. The molecule has 1 heterocycles. The standard InChI is InChI=1S/C23H36N2O5S/c1-7-16-11-23(16,21(28)24-31(29,30)17-8-9-17)12-19(26)18-10-14(2)13-25(18)20(27)15(3)22(4,5)6/h7,14-18H,1,8-13H2,2-6H3,(H,24,28)/t14-,15-,16?,18+,23?/m1/s1. The highest BCUT2D eigenvalue weighted by Crippen LogP contribution is 2.57. The van der Waals surface area contributed by atoms with E-state index in [0.29, 0.717) is 32.2 Å². The number of ketones is 1. The Morgan fingerprint density at radius 3 is 2.35 bits per heavy atom. The van der Waals surface area contributed by atoms with E-state index in [1.807, 2.05) is 34.6 Å². The molecule has 8 heteroatoms. The van der Waals surface area contributed by atoms with Crippen LogP contribution in [0.3, 0.4) is 0 Å². The first-order valence-electron chi connectivity index (χ1n) is 11.2. The summed E-state index contributed by atoms with van der Waals surface area (Å²) in [4.78, 5) is 41.1. The van der Waals surface area contributed by atoms with Crippen LogP contribution < -0.4 is 4.72 Å². The highest BCUT2D eigenvalue weighted by atomic mass is 32.2. The molecule has 1 N–H and O–H groups in total. The number of Topliss-reactive ketones (excluding diaryl/α,β-unsaturated/α-hetero) is 1. The molecule has 0 spiro atoms.